The Kier molecular flexibility index (Phi) is 5.38. The quantitative estimate of drug-likeness (QED) is 0.707. The van der Waals surface area contributed by atoms with Crippen LogP contribution in [-0.4, -0.2) is 45.9 Å². The van der Waals surface area contributed by atoms with Crippen molar-refractivity contribution in [2.24, 2.45) is 0 Å². The molecule has 0 saturated carbocycles. The van der Waals surface area contributed by atoms with Crippen molar-refractivity contribution in [3.05, 3.63) is 72.4 Å². The van der Waals surface area contributed by atoms with E-state index < -0.39 is 0 Å². The first-order valence-electron chi connectivity index (χ1n) is 9.20. The van der Waals surface area contributed by atoms with Gasteiger partial charge in [0.05, 0.1) is 5.69 Å². The molecule has 0 aliphatic carbocycles. The number of nitrogens with zero attached hydrogens (tertiary/aromatic N) is 4. The van der Waals surface area contributed by atoms with E-state index in [0.717, 1.165) is 50.5 Å². The highest BCUT2D eigenvalue weighted by Crippen LogP contribution is 2.19. The molecule has 0 atom stereocenters. The zero-order valence-corrected chi connectivity index (χ0v) is 14.9. The van der Waals surface area contributed by atoms with Gasteiger partial charge in [0.15, 0.2) is 0 Å². The fourth-order valence-electron chi connectivity index (χ4n) is 3.41. The van der Waals surface area contributed by atoms with Crippen LogP contribution in [0.2, 0.25) is 0 Å². The molecule has 5 nitrogen and oxygen atoms in total. The lowest BCUT2D eigenvalue weighted by atomic mass is 10.2. The van der Waals surface area contributed by atoms with Crippen molar-refractivity contribution in [3.8, 4) is 11.5 Å². The van der Waals surface area contributed by atoms with Crippen LogP contribution >= 0.6 is 0 Å². The van der Waals surface area contributed by atoms with Crippen molar-refractivity contribution in [1.82, 2.24) is 19.8 Å². The van der Waals surface area contributed by atoms with Gasteiger partial charge in [-0.05, 0) is 43.3 Å². The highest BCUT2D eigenvalue weighted by molar-refractivity contribution is 5.52. The molecular weight excluding hydrogens is 324 g/mol. The van der Waals surface area contributed by atoms with E-state index >= 15 is 0 Å². The first-order valence-corrected chi connectivity index (χ1v) is 9.20. The minimum absolute atomic E-state index is 0.702. The third kappa shape index (κ3) is 4.36. The van der Waals surface area contributed by atoms with Crippen molar-refractivity contribution >= 4 is 0 Å². The molecular formula is C21H24N4O. The van der Waals surface area contributed by atoms with Gasteiger partial charge in [-0.15, -0.1) is 0 Å². The average Bonchev–Trinajstić information content (AvgIpc) is 3.05. The second-order valence-electron chi connectivity index (χ2n) is 6.78. The summed E-state index contributed by atoms with van der Waals surface area (Å²) in [5, 5.41) is 0. The predicted molar refractivity (Wildman–Crippen MR) is 101 cm³/mol. The molecule has 0 N–H and O–H groups in total. The number of oxazole rings is 1. The summed E-state index contributed by atoms with van der Waals surface area (Å²) in [7, 11) is 0. The molecule has 0 radical (unpaired) electrons. The molecule has 3 heterocycles. The third-order valence-corrected chi connectivity index (χ3v) is 4.77. The van der Waals surface area contributed by atoms with Gasteiger partial charge in [0.2, 0.25) is 5.89 Å². The van der Waals surface area contributed by atoms with E-state index in [4.69, 9.17) is 4.42 Å². The number of rotatable bonds is 5. The Morgan fingerprint density at radius 2 is 1.69 bits per heavy atom. The van der Waals surface area contributed by atoms with Gasteiger partial charge in [-0.1, -0.05) is 24.3 Å². The maximum absolute atomic E-state index is 5.67. The molecule has 4 rings (SSSR count). The predicted octanol–water partition coefficient (Wildman–Crippen LogP) is 3.44. The van der Waals surface area contributed by atoms with Crippen LogP contribution in [0.1, 0.15) is 17.7 Å². The first kappa shape index (κ1) is 16.9. The van der Waals surface area contributed by atoms with Crippen LogP contribution in [0.25, 0.3) is 11.5 Å². The smallest absolute Gasteiger partial charge is 0.226 e. The Hall–Kier alpha value is -2.50. The van der Waals surface area contributed by atoms with Crippen LogP contribution in [0.15, 0.2) is 65.5 Å². The minimum Gasteiger partial charge on any atom is -0.444 e. The highest BCUT2D eigenvalue weighted by atomic mass is 16.3. The van der Waals surface area contributed by atoms with Gasteiger partial charge < -0.3 is 4.42 Å². The maximum atomic E-state index is 5.67. The van der Waals surface area contributed by atoms with Crippen molar-refractivity contribution in [2.75, 3.05) is 26.2 Å². The number of hydrogen-bond donors (Lipinski definition) is 0. The SMILES string of the molecule is c1ccc(-c2nc(CN3CCCN(Cc4cccnc4)CC3)co2)cc1. The van der Waals surface area contributed by atoms with Crippen molar-refractivity contribution in [3.63, 3.8) is 0 Å². The second kappa shape index (κ2) is 8.25. The topological polar surface area (TPSA) is 45.4 Å². The van der Waals surface area contributed by atoms with Gasteiger partial charge in [0.1, 0.15) is 6.26 Å². The molecule has 1 aliphatic heterocycles. The van der Waals surface area contributed by atoms with E-state index in [0.29, 0.717) is 5.89 Å². The van der Waals surface area contributed by atoms with Crippen molar-refractivity contribution < 1.29 is 4.42 Å². The zero-order chi connectivity index (χ0) is 17.6. The molecule has 26 heavy (non-hydrogen) atoms. The lowest BCUT2D eigenvalue weighted by Crippen LogP contribution is -2.30. The fourth-order valence-corrected chi connectivity index (χ4v) is 3.41. The Morgan fingerprint density at radius 1 is 0.885 bits per heavy atom. The van der Waals surface area contributed by atoms with Crippen LogP contribution in [0.5, 0.6) is 0 Å². The molecule has 0 unspecified atom stereocenters. The molecule has 1 saturated heterocycles. The maximum Gasteiger partial charge on any atom is 0.226 e. The van der Waals surface area contributed by atoms with Crippen LogP contribution in [0, 0.1) is 0 Å². The van der Waals surface area contributed by atoms with Crippen molar-refractivity contribution in [1.29, 1.82) is 0 Å². The second-order valence-corrected chi connectivity index (χ2v) is 6.78. The Bertz CT molecular complexity index is 803. The molecule has 1 aliphatic rings. The summed E-state index contributed by atoms with van der Waals surface area (Å²) >= 11 is 0. The van der Waals surface area contributed by atoms with E-state index in [1.807, 2.05) is 48.8 Å². The average molecular weight is 348 g/mol. The molecule has 2 aromatic heterocycles. The lowest BCUT2D eigenvalue weighted by molar-refractivity contribution is 0.245. The van der Waals surface area contributed by atoms with Crippen LogP contribution in [0.4, 0.5) is 0 Å². The Labute approximate surface area is 154 Å². The van der Waals surface area contributed by atoms with Crippen LogP contribution < -0.4 is 0 Å². The standard InChI is InChI=1S/C21H24N4O/c1-2-7-19(8-3-1)21-23-20(17-26-21)16-25-11-5-10-24(12-13-25)15-18-6-4-9-22-14-18/h1-4,6-9,14,17H,5,10-13,15-16H2. The molecule has 3 aromatic rings. The van der Waals surface area contributed by atoms with Gasteiger partial charge >= 0.3 is 0 Å². The summed E-state index contributed by atoms with van der Waals surface area (Å²) in [5.41, 5.74) is 3.31. The summed E-state index contributed by atoms with van der Waals surface area (Å²) in [6.07, 6.45) is 6.75. The van der Waals surface area contributed by atoms with Crippen LogP contribution in [-0.2, 0) is 13.1 Å². The van der Waals surface area contributed by atoms with E-state index in [1.165, 1.54) is 12.0 Å². The normalized spacial score (nSPS) is 16.5. The molecule has 0 spiro atoms. The van der Waals surface area contributed by atoms with E-state index in [9.17, 15) is 0 Å². The third-order valence-electron chi connectivity index (χ3n) is 4.77. The number of pyridine rings is 1. The Balaban J connectivity index is 1.33. The summed E-state index contributed by atoms with van der Waals surface area (Å²) < 4.78 is 5.67. The summed E-state index contributed by atoms with van der Waals surface area (Å²) in [5.74, 6) is 0.702. The van der Waals surface area contributed by atoms with E-state index in [1.54, 1.807) is 6.26 Å². The number of aromatic nitrogens is 2. The van der Waals surface area contributed by atoms with Gasteiger partial charge in [-0.2, -0.15) is 0 Å². The number of hydrogen-bond acceptors (Lipinski definition) is 5. The van der Waals surface area contributed by atoms with Gasteiger partial charge in [-0.25, -0.2) is 4.98 Å². The highest BCUT2D eigenvalue weighted by Gasteiger charge is 2.17. The summed E-state index contributed by atoms with van der Waals surface area (Å²) in [6, 6.07) is 14.2. The van der Waals surface area contributed by atoms with Gasteiger partial charge in [0.25, 0.3) is 0 Å². The van der Waals surface area contributed by atoms with Crippen LogP contribution in [0.3, 0.4) is 0 Å². The summed E-state index contributed by atoms with van der Waals surface area (Å²) in [4.78, 5) is 13.9. The molecule has 1 fully saturated rings. The molecule has 0 bridgehead atoms. The largest absolute Gasteiger partial charge is 0.444 e. The minimum atomic E-state index is 0.702. The fraction of sp³-hybridized carbons (Fsp3) is 0.333. The first-order chi connectivity index (χ1) is 12.9. The van der Waals surface area contributed by atoms with Gasteiger partial charge in [-0.3, -0.25) is 14.8 Å². The lowest BCUT2D eigenvalue weighted by Gasteiger charge is -2.21. The zero-order valence-electron chi connectivity index (χ0n) is 14.9. The van der Waals surface area contributed by atoms with E-state index in [-0.39, 0.29) is 0 Å². The molecule has 0 amide bonds. The van der Waals surface area contributed by atoms with Gasteiger partial charge in [0, 0.05) is 44.1 Å². The molecule has 1 aromatic carbocycles. The number of benzene rings is 1. The monoisotopic (exact) mass is 348 g/mol. The summed E-state index contributed by atoms with van der Waals surface area (Å²) in [6.45, 7) is 6.16. The van der Waals surface area contributed by atoms with E-state index in [2.05, 4.69) is 25.8 Å². The Morgan fingerprint density at radius 3 is 2.46 bits per heavy atom. The molecule has 134 valence electrons. The van der Waals surface area contributed by atoms with Crippen molar-refractivity contribution in [2.45, 2.75) is 19.5 Å². The molecule has 5 heteroatoms.